The number of aliphatic hydroxyl groups is 1. The van der Waals surface area contributed by atoms with Crippen molar-refractivity contribution in [2.75, 3.05) is 63.6 Å². The number of carbonyl (C=O) groups excluding carboxylic acids is 4. The average molecular weight is 598 g/mol. The van der Waals surface area contributed by atoms with Gasteiger partial charge in [0.25, 0.3) is 11.8 Å². The van der Waals surface area contributed by atoms with E-state index in [-0.39, 0.29) is 30.9 Å². The van der Waals surface area contributed by atoms with Gasteiger partial charge in [-0.05, 0) is 54.4 Å². The van der Waals surface area contributed by atoms with Crippen molar-refractivity contribution >= 4 is 46.3 Å². The van der Waals surface area contributed by atoms with Crippen LogP contribution in [0.3, 0.4) is 0 Å². The number of nitrogens with zero attached hydrogens (tertiary/aromatic N) is 2. The molecule has 3 aromatic carbocycles. The molecule has 1 fully saturated rings. The molecule has 0 bridgehead atoms. The van der Waals surface area contributed by atoms with Crippen LogP contribution in [0.1, 0.15) is 37.4 Å². The fraction of sp³-hybridized carbons (Fsp3) is 0.273. The summed E-state index contributed by atoms with van der Waals surface area (Å²) in [5, 5.41) is 18.0. The summed E-state index contributed by atoms with van der Waals surface area (Å²) in [6, 6.07) is 19.6. The molecule has 3 amide bonds. The van der Waals surface area contributed by atoms with Crippen LogP contribution in [-0.4, -0.2) is 91.6 Å². The molecule has 0 spiro atoms. The molecule has 228 valence electrons. The van der Waals surface area contributed by atoms with Gasteiger partial charge in [-0.1, -0.05) is 30.3 Å². The molecule has 0 atom stereocenters. The molecule has 2 aliphatic rings. The molecule has 0 aromatic heterocycles. The van der Waals surface area contributed by atoms with Crippen molar-refractivity contribution in [2.45, 2.75) is 6.92 Å². The van der Waals surface area contributed by atoms with Crippen LogP contribution < -0.4 is 16.0 Å². The van der Waals surface area contributed by atoms with E-state index < -0.39 is 5.97 Å². The zero-order valence-electron chi connectivity index (χ0n) is 24.7. The molecular weight excluding hydrogens is 562 g/mol. The lowest BCUT2D eigenvalue weighted by Crippen LogP contribution is -2.51. The van der Waals surface area contributed by atoms with Crippen molar-refractivity contribution in [1.82, 2.24) is 15.1 Å². The van der Waals surface area contributed by atoms with Crippen LogP contribution in [-0.2, 0) is 14.3 Å². The number of esters is 1. The number of rotatable bonds is 9. The molecule has 5 rings (SSSR count). The summed E-state index contributed by atoms with van der Waals surface area (Å²) in [5.74, 6) is -1.32. The SMILES string of the molecule is COC(=O)c1cc2c(cc1C)/C(=C(\Nc1ccc(C(=O)NCC(=O)N3CCN(CCO)CC3)cc1)c1ccccc1)C(=O)N2. The third kappa shape index (κ3) is 6.64. The second kappa shape index (κ2) is 13.5. The Bertz CT molecular complexity index is 1590. The monoisotopic (exact) mass is 597 g/mol. The fourth-order valence-electron chi connectivity index (χ4n) is 5.37. The Hall–Kier alpha value is -5.00. The van der Waals surface area contributed by atoms with Crippen molar-refractivity contribution in [3.63, 3.8) is 0 Å². The molecule has 0 radical (unpaired) electrons. The van der Waals surface area contributed by atoms with E-state index in [1.54, 1.807) is 48.2 Å². The van der Waals surface area contributed by atoms with Gasteiger partial charge in [0, 0.05) is 49.5 Å². The number of hydrogen-bond acceptors (Lipinski definition) is 8. The molecule has 2 aliphatic heterocycles. The number of β-amino-alcohol motifs (C(OH)–C–C–N with tert-alkyl or cyclic N) is 1. The Morgan fingerprint density at radius 3 is 2.32 bits per heavy atom. The lowest BCUT2D eigenvalue weighted by molar-refractivity contribution is -0.131. The van der Waals surface area contributed by atoms with Crippen molar-refractivity contribution in [3.8, 4) is 0 Å². The molecule has 0 unspecified atom stereocenters. The number of aryl methyl sites for hydroxylation is 1. The summed E-state index contributed by atoms with van der Waals surface area (Å²) in [4.78, 5) is 54.8. The second-order valence-corrected chi connectivity index (χ2v) is 10.6. The summed E-state index contributed by atoms with van der Waals surface area (Å²) in [6.07, 6.45) is 0. The van der Waals surface area contributed by atoms with Gasteiger partial charge in [-0.2, -0.15) is 0 Å². The molecule has 11 heteroatoms. The normalized spacial score (nSPS) is 15.7. The van der Waals surface area contributed by atoms with Crippen molar-refractivity contribution in [1.29, 1.82) is 0 Å². The fourth-order valence-corrected chi connectivity index (χ4v) is 5.37. The number of ether oxygens (including phenoxy) is 1. The lowest BCUT2D eigenvalue weighted by Gasteiger charge is -2.34. The highest BCUT2D eigenvalue weighted by molar-refractivity contribution is 6.37. The first-order valence-electron chi connectivity index (χ1n) is 14.4. The number of aliphatic hydroxyl groups excluding tert-OH is 1. The van der Waals surface area contributed by atoms with Gasteiger partial charge in [0.2, 0.25) is 5.91 Å². The van der Waals surface area contributed by atoms with E-state index in [2.05, 4.69) is 20.9 Å². The molecule has 11 nitrogen and oxygen atoms in total. The Morgan fingerprint density at radius 2 is 1.66 bits per heavy atom. The van der Waals surface area contributed by atoms with Gasteiger partial charge in [0.1, 0.15) is 0 Å². The number of anilines is 2. The molecule has 0 saturated carbocycles. The summed E-state index contributed by atoms with van der Waals surface area (Å²) in [7, 11) is 1.31. The van der Waals surface area contributed by atoms with Crippen LogP contribution in [0.25, 0.3) is 11.3 Å². The molecule has 2 heterocycles. The standard InChI is InChI=1S/C33H35N5O6/c1-21-18-26-27(19-25(21)33(43)44-2)36-32(42)29(26)30(22-6-4-3-5-7-22)35-24-10-8-23(9-11-24)31(41)34-20-28(40)38-14-12-37(13-15-38)16-17-39/h3-11,18-19,35,39H,12-17,20H2,1-2H3,(H,34,41)(H,36,42)/b30-29+. The van der Waals surface area contributed by atoms with Crippen molar-refractivity contribution in [2.24, 2.45) is 0 Å². The summed E-state index contributed by atoms with van der Waals surface area (Å²) >= 11 is 0. The lowest BCUT2D eigenvalue weighted by atomic mass is 9.96. The van der Waals surface area contributed by atoms with E-state index in [0.29, 0.717) is 77.6 Å². The van der Waals surface area contributed by atoms with E-state index in [1.807, 2.05) is 30.3 Å². The van der Waals surface area contributed by atoms with E-state index in [0.717, 1.165) is 5.56 Å². The first-order valence-corrected chi connectivity index (χ1v) is 14.4. The van der Waals surface area contributed by atoms with E-state index in [9.17, 15) is 19.2 Å². The van der Waals surface area contributed by atoms with Crippen LogP contribution in [0.4, 0.5) is 11.4 Å². The molecule has 3 aromatic rings. The van der Waals surface area contributed by atoms with Gasteiger partial charge in [-0.3, -0.25) is 19.3 Å². The molecule has 44 heavy (non-hydrogen) atoms. The van der Waals surface area contributed by atoms with Gasteiger partial charge >= 0.3 is 5.97 Å². The van der Waals surface area contributed by atoms with E-state index in [4.69, 9.17) is 9.84 Å². The summed E-state index contributed by atoms with van der Waals surface area (Å²) in [5.41, 5.74) is 5.01. The first-order chi connectivity index (χ1) is 21.3. The molecule has 0 aliphatic carbocycles. The number of amides is 3. The van der Waals surface area contributed by atoms with Gasteiger partial charge in [-0.15, -0.1) is 0 Å². The Kier molecular flexibility index (Phi) is 9.37. The Labute approximate surface area is 255 Å². The van der Waals surface area contributed by atoms with Crippen LogP contribution in [0.2, 0.25) is 0 Å². The smallest absolute Gasteiger partial charge is 0.338 e. The summed E-state index contributed by atoms with van der Waals surface area (Å²) in [6.45, 7) is 4.87. The van der Waals surface area contributed by atoms with Gasteiger partial charge < -0.3 is 30.7 Å². The van der Waals surface area contributed by atoms with Crippen LogP contribution in [0.5, 0.6) is 0 Å². The number of hydrogen-bond donors (Lipinski definition) is 4. The third-order valence-corrected chi connectivity index (χ3v) is 7.78. The molecular formula is C33H35N5O6. The number of fused-ring (bicyclic) bond motifs is 1. The number of methoxy groups -OCH3 is 1. The topological polar surface area (TPSA) is 140 Å². The number of nitrogens with one attached hydrogen (secondary N) is 3. The van der Waals surface area contributed by atoms with Gasteiger partial charge in [-0.25, -0.2) is 4.79 Å². The minimum atomic E-state index is -0.482. The zero-order valence-corrected chi connectivity index (χ0v) is 24.7. The second-order valence-electron chi connectivity index (χ2n) is 10.6. The van der Waals surface area contributed by atoms with Crippen molar-refractivity contribution < 1.29 is 29.0 Å². The van der Waals surface area contributed by atoms with Crippen LogP contribution in [0.15, 0.2) is 66.7 Å². The minimum Gasteiger partial charge on any atom is -0.465 e. The van der Waals surface area contributed by atoms with Gasteiger partial charge in [0.05, 0.1) is 42.8 Å². The Morgan fingerprint density at radius 1 is 0.955 bits per heavy atom. The predicted molar refractivity (Wildman–Crippen MR) is 167 cm³/mol. The highest BCUT2D eigenvalue weighted by Crippen LogP contribution is 2.39. The average Bonchev–Trinajstić information content (AvgIpc) is 3.36. The van der Waals surface area contributed by atoms with Crippen molar-refractivity contribution in [3.05, 3.63) is 94.5 Å². The predicted octanol–water partition coefficient (Wildman–Crippen LogP) is 2.58. The van der Waals surface area contributed by atoms with E-state index in [1.165, 1.54) is 7.11 Å². The quantitative estimate of drug-likeness (QED) is 0.218. The Balaban J connectivity index is 1.32. The zero-order chi connectivity index (χ0) is 31.2. The maximum Gasteiger partial charge on any atom is 0.338 e. The number of piperazine rings is 1. The van der Waals surface area contributed by atoms with Gasteiger partial charge in [0.15, 0.2) is 0 Å². The van der Waals surface area contributed by atoms with Crippen LogP contribution >= 0.6 is 0 Å². The number of benzene rings is 3. The maximum atomic E-state index is 13.3. The van der Waals surface area contributed by atoms with Crippen LogP contribution in [0, 0.1) is 6.92 Å². The summed E-state index contributed by atoms with van der Waals surface area (Å²) < 4.78 is 4.89. The largest absolute Gasteiger partial charge is 0.465 e. The minimum absolute atomic E-state index is 0.0889. The number of carbonyl (C=O) groups is 4. The maximum absolute atomic E-state index is 13.3. The molecule has 1 saturated heterocycles. The van der Waals surface area contributed by atoms with E-state index >= 15 is 0 Å². The highest BCUT2D eigenvalue weighted by atomic mass is 16.5. The highest BCUT2D eigenvalue weighted by Gasteiger charge is 2.30. The molecule has 4 N–H and O–H groups in total. The third-order valence-electron chi connectivity index (χ3n) is 7.78. The first kappa shape index (κ1) is 30.5.